The second-order valence-electron chi connectivity index (χ2n) is 4.20. The number of rotatable bonds is 4. The maximum atomic E-state index is 14.5. The van der Waals surface area contributed by atoms with Crippen LogP contribution in [0.2, 0.25) is 0 Å². The largest absolute Gasteiger partial charge is 0.496 e. The molecule has 1 unspecified atom stereocenters. The number of aromatic nitrogens is 1. The Labute approximate surface area is 119 Å². The van der Waals surface area contributed by atoms with E-state index < -0.39 is 23.5 Å². The second kappa shape index (κ2) is 5.90. The van der Waals surface area contributed by atoms with Gasteiger partial charge < -0.3 is 15.2 Å². The summed E-state index contributed by atoms with van der Waals surface area (Å²) in [6, 6.07) is 4.68. The van der Waals surface area contributed by atoms with E-state index in [1.807, 2.05) is 0 Å². The summed E-state index contributed by atoms with van der Waals surface area (Å²) in [7, 11) is 2.77. The molecular weight excluding hydrogens is 285 g/mol. The molecule has 0 fully saturated rings. The molecule has 1 aromatic carbocycles. The number of pyridine rings is 1. The predicted molar refractivity (Wildman–Crippen MR) is 71.1 cm³/mol. The van der Waals surface area contributed by atoms with E-state index in [4.69, 9.17) is 15.2 Å². The van der Waals surface area contributed by atoms with Crippen LogP contribution in [0.25, 0.3) is 0 Å². The molecule has 2 N–H and O–H groups in total. The van der Waals surface area contributed by atoms with E-state index in [0.717, 1.165) is 12.1 Å². The standard InChI is InChI=1S/C14H13F3N2O2/c1-20-7-5-10(19-11(6-7)21-2)12(16)8-3-4-9(15)13(17)14(8)18/h3-6,12H,18H2,1-2H3. The molecule has 0 radical (unpaired) electrons. The summed E-state index contributed by atoms with van der Waals surface area (Å²) in [6.07, 6.45) is -1.84. The van der Waals surface area contributed by atoms with Crippen molar-refractivity contribution in [1.82, 2.24) is 4.98 Å². The smallest absolute Gasteiger partial charge is 0.217 e. The molecule has 0 bridgehead atoms. The Morgan fingerprint density at radius 2 is 1.86 bits per heavy atom. The van der Waals surface area contributed by atoms with E-state index in [9.17, 15) is 13.2 Å². The highest BCUT2D eigenvalue weighted by molar-refractivity contribution is 5.52. The van der Waals surface area contributed by atoms with Crippen LogP contribution in [0.3, 0.4) is 0 Å². The topological polar surface area (TPSA) is 57.4 Å². The Kier molecular flexibility index (Phi) is 4.21. The number of anilines is 1. The SMILES string of the molecule is COc1cc(OC)nc(C(F)c2ccc(F)c(F)c2N)c1. The summed E-state index contributed by atoms with van der Waals surface area (Å²) >= 11 is 0. The maximum Gasteiger partial charge on any atom is 0.217 e. The van der Waals surface area contributed by atoms with E-state index in [0.29, 0.717) is 5.75 Å². The summed E-state index contributed by atoms with van der Waals surface area (Å²) < 4.78 is 50.9. The molecule has 0 aliphatic heterocycles. The number of hydrogen-bond acceptors (Lipinski definition) is 4. The van der Waals surface area contributed by atoms with Crippen molar-refractivity contribution in [1.29, 1.82) is 0 Å². The van der Waals surface area contributed by atoms with E-state index in [2.05, 4.69) is 4.98 Å². The average Bonchev–Trinajstić information content (AvgIpc) is 2.51. The lowest BCUT2D eigenvalue weighted by atomic mass is 10.0. The lowest BCUT2D eigenvalue weighted by Crippen LogP contribution is -2.06. The molecule has 0 aliphatic rings. The molecule has 0 saturated carbocycles. The van der Waals surface area contributed by atoms with Gasteiger partial charge in [0.25, 0.3) is 0 Å². The monoisotopic (exact) mass is 298 g/mol. The van der Waals surface area contributed by atoms with Crippen molar-refractivity contribution in [3.8, 4) is 11.6 Å². The fourth-order valence-corrected chi connectivity index (χ4v) is 1.81. The van der Waals surface area contributed by atoms with Gasteiger partial charge in [-0.3, -0.25) is 0 Å². The molecule has 0 aliphatic carbocycles. The number of ether oxygens (including phenoxy) is 2. The molecule has 7 heteroatoms. The summed E-state index contributed by atoms with van der Waals surface area (Å²) in [6.45, 7) is 0. The number of alkyl halides is 1. The third-order valence-corrected chi connectivity index (χ3v) is 2.94. The average molecular weight is 298 g/mol. The summed E-state index contributed by atoms with van der Waals surface area (Å²) in [5.74, 6) is -1.97. The van der Waals surface area contributed by atoms with Crippen LogP contribution in [-0.2, 0) is 0 Å². The Balaban J connectivity index is 2.49. The number of halogens is 3. The van der Waals surface area contributed by atoms with Gasteiger partial charge in [0.2, 0.25) is 5.88 Å². The van der Waals surface area contributed by atoms with Crippen molar-refractivity contribution in [2.45, 2.75) is 6.17 Å². The lowest BCUT2D eigenvalue weighted by molar-refractivity contribution is 0.358. The van der Waals surface area contributed by atoms with Crippen LogP contribution in [0, 0.1) is 11.6 Å². The van der Waals surface area contributed by atoms with Crippen LogP contribution < -0.4 is 15.2 Å². The minimum absolute atomic E-state index is 0.0797. The fourth-order valence-electron chi connectivity index (χ4n) is 1.81. The first-order chi connectivity index (χ1) is 9.97. The highest BCUT2D eigenvalue weighted by Crippen LogP contribution is 2.34. The fraction of sp³-hybridized carbons (Fsp3) is 0.214. The van der Waals surface area contributed by atoms with Crippen LogP contribution in [0.4, 0.5) is 18.9 Å². The number of hydrogen-bond donors (Lipinski definition) is 1. The Morgan fingerprint density at radius 1 is 1.14 bits per heavy atom. The van der Waals surface area contributed by atoms with Gasteiger partial charge in [-0.2, -0.15) is 0 Å². The van der Waals surface area contributed by atoms with E-state index in [-0.39, 0.29) is 17.1 Å². The quantitative estimate of drug-likeness (QED) is 0.882. The Hall–Kier alpha value is -2.44. The van der Waals surface area contributed by atoms with Gasteiger partial charge in [-0.05, 0) is 6.07 Å². The highest BCUT2D eigenvalue weighted by Gasteiger charge is 2.22. The third kappa shape index (κ3) is 2.86. The molecule has 112 valence electrons. The van der Waals surface area contributed by atoms with Crippen molar-refractivity contribution < 1.29 is 22.6 Å². The van der Waals surface area contributed by atoms with Gasteiger partial charge in [0.15, 0.2) is 17.8 Å². The molecule has 2 rings (SSSR count). The van der Waals surface area contributed by atoms with Gasteiger partial charge >= 0.3 is 0 Å². The lowest BCUT2D eigenvalue weighted by Gasteiger charge is -2.13. The molecule has 21 heavy (non-hydrogen) atoms. The number of methoxy groups -OCH3 is 2. The third-order valence-electron chi connectivity index (χ3n) is 2.94. The molecule has 1 atom stereocenters. The van der Waals surface area contributed by atoms with Crippen LogP contribution in [0.15, 0.2) is 24.3 Å². The van der Waals surface area contributed by atoms with Crippen molar-refractivity contribution >= 4 is 5.69 Å². The number of benzene rings is 1. The zero-order chi connectivity index (χ0) is 15.6. The molecule has 1 heterocycles. The second-order valence-corrected chi connectivity index (χ2v) is 4.20. The zero-order valence-corrected chi connectivity index (χ0v) is 11.4. The number of nitrogen functional groups attached to an aromatic ring is 1. The van der Waals surface area contributed by atoms with Gasteiger partial charge in [0.1, 0.15) is 5.75 Å². The Bertz CT molecular complexity index is 643. The molecule has 1 aromatic heterocycles. The van der Waals surface area contributed by atoms with Crippen LogP contribution in [0.5, 0.6) is 11.6 Å². The predicted octanol–water partition coefficient (Wildman–Crippen LogP) is 3.02. The van der Waals surface area contributed by atoms with Crippen LogP contribution >= 0.6 is 0 Å². The van der Waals surface area contributed by atoms with Gasteiger partial charge in [0, 0.05) is 17.7 Å². The molecule has 0 spiro atoms. The Morgan fingerprint density at radius 3 is 2.48 bits per heavy atom. The molecular formula is C14H13F3N2O2. The number of nitrogens with two attached hydrogens (primary N) is 1. The minimum atomic E-state index is -1.84. The summed E-state index contributed by atoms with van der Waals surface area (Å²) in [5.41, 5.74) is 4.53. The maximum absolute atomic E-state index is 14.5. The molecule has 0 amide bonds. The van der Waals surface area contributed by atoms with Gasteiger partial charge in [0.05, 0.1) is 25.6 Å². The van der Waals surface area contributed by atoms with Gasteiger partial charge in [-0.1, -0.05) is 6.07 Å². The summed E-state index contributed by atoms with van der Waals surface area (Å²) in [4.78, 5) is 3.92. The molecule has 4 nitrogen and oxygen atoms in total. The minimum Gasteiger partial charge on any atom is -0.496 e. The van der Waals surface area contributed by atoms with Crippen molar-refractivity contribution in [2.75, 3.05) is 20.0 Å². The molecule has 0 saturated heterocycles. The van der Waals surface area contributed by atoms with E-state index in [1.54, 1.807) is 0 Å². The molecule has 2 aromatic rings. The van der Waals surface area contributed by atoms with Crippen molar-refractivity contribution in [3.63, 3.8) is 0 Å². The van der Waals surface area contributed by atoms with Gasteiger partial charge in [-0.15, -0.1) is 0 Å². The van der Waals surface area contributed by atoms with Crippen molar-refractivity contribution in [2.24, 2.45) is 0 Å². The first-order valence-corrected chi connectivity index (χ1v) is 5.95. The van der Waals surface area contributed by atoms with Crippen molar-refractivity contribution in [3.05, 3.63) is 47.2 Å². The van der Waals surface area contributed by atoms with E-state index >= 15 is 0 Å². The first-order valence-electron chi connectivity index (χ1n) is 5.95. The van der Waals surface area contributed by atoms with Crippen LogP contribution in [0.1, 0.15) is 17.4 Å². The van der Waals surface area contributed by atoms with E-state index in [1.165, 1.54) is 26.4 Å². The van der Waals surface area contributed by atoms with Crippen LogP contribution in [-0.4, -0.2) is 19.2 Å². The number of nitrogens with zero attached hydrogens (tertiary/aromatic N) is 1. The normalized spacial score (nSPS) is 12.0. The summed E-state index contributed by atoms with van der Waals surface area (Å²) in [5, 5.41) is 0. The first kappa shape index (κ1) is 15.0. The zero-order valence-electron chi connectivity index (χ0n) is 11.4. The van der Waals surface area contributed by atoms with Gasteiger partial charge in [-0.25, -0.2) is 18.2 Å². The highest BCUT2D eigenvalue weighted by atomic mass is 19.2.